The first kappa shape index (κ1) is 40.3. The van der Waals surface area contributed by atoms with Crippen LogP contribution in [0, 0.1) is 0 Å². The van der Waals surface area contributed by atoms with Crippen molar-refractivity contribution in [2.24, 2.45) is 0 Å². The minimum Gasteiger partial charge on any atom is -0.455 e. The summed E-state index contributed by atoms with van der Waals surface area (Å²) in [6, 6.07) is 95.5. The van der Waals surface area contributed by atoms with Crippen LogP contribution in [0.1, 0.15) is 22.3 Å². The van der Waals surface area contributed by atoms with Crippen molar-refractivity contribution in [3.05, 3.63) is 283 Å². The molecule has 0 bridgehead atoms. The summed E-state index contributed by atoms with van der Waals surface area (Å²) in [5.74, 6) is 0. The number of para-hydroxylation sites is 2. The SMILES string of the molecule is c1ccc(C2(c3ccccc3)c3ccccc3-c3c(N(c4ccc(-c5ccc(-c6ccc7sc8ccccc8c7c6)cc5)cc4)c4cccc(-c5cccc6c5oc5ccccc56)c4)cccc32)cc1. The summed E-state index contributed by atoms with van der Waals surface area (Å²) in [6.45, 7) is 0. The smallest absolute Gasteiger partial charge is 0.143 e. The lowest BCUT2D eigenvalue weighted by Gasteiger charge is -2.34. The van der Waals surface area contributed by atoms with E-state index in [1.54, 1.807) is 0 Å². The van der Waals surface area contributed by atoms with Crippen LogP contribution >= 0.6 is 11.3 Å². The Morgan fingerprint density at radius 2 is 0.914 bits per heavy atom. The van der Waals surface area contributed by atoms with E-state index in [4.69, 9.17) is 4.42 Å². The fourth-order valence-electron chi connectivity index (χ4n) is 11.4. The van der Waals surface area contributed by atoms with E-state index in [2.05, 4.69) is 260 Å². The van der Waals surface area contributed by atoms with Crippen LogP contribution in [0.5, 0.6) is 0 Å². The predicted octanol–water partition coefficient (Wildman–Crippen LogP) is 18.8. The summed E-state index contributed by atoms with van der Waals surface area (Å²) in [5, 5.41) is 4.88. The van der Waals surface area contributed by atoms with Crippen molar-refractivity contribution >= 4 is 70.5 Å². The Labute approximate surface area is 410 Å². The van der Waals surface area contributed by atoms with Gasteiger partial charge in [-0.25, -0.2) is 0 Å². The first-order valence-electron chi connectivity index (χ1n) is 24.0. The summed E-state index contributed by atoms with van der Waals surface area (Å²) >= 11 is 1.86. The van der Waals surface area contributed by atoms with Gasteiger partial charge in [-0.05, 0) is 110 Å². The van der Waals surface area contributed by atoms with Crippen LogP contribution in [-0.2, 0) is 5.41 Å². The Balaban J connectivity index is 0.926. The molecule has 11 aromatic carbocycles. The van der Waals surface area contributed by atoms with E-state index in [0.717, 1.165) is 55.7 Å². The maximum atomic E-state index is 6.62. The van der Waals surface area contributed by atoms with Crippen LogP contribution in [0.2, 0.25) is 0 Å². The van der Waals surface area contributed by atoms with Gasteiger partial charge in [-0.3, -0.25) is 0 Å². The minimum atomic E-state index is -0.534. The maximum Gasteiger partial charge on any atom is 0.143 e. The molecule has 328 valence electrons. The Morgan fingerprint density at radius 3 is 1.70 bits per heavy atom. The summed E-state index contributed by atoms with van der Waals surface area (Å²) in [5.41, 5.74) is 18.9. The van der Waals surface area contributed by atoms with Gasteiger partial charge in [0.25, 0.3) is 0 Å². The van der Waals surface area contributed by atoms with E-state index in [1.807, 2.05) is 17.4 Å². The highest BCUT2D eigenvalue weighted by Crippen LogP contribution is 2.59. The second-order valence-corrected chi connectivity index (χ2v) is 19.4. The number of fused-ring (bicyclic) bond motifs is 9. The van der Waals surface area contributed by atoms with Crippen molar-refractivity contribution < 1.29 is 4.42 Å². The Bertz CT molecular complexity index is 4070. The summed E-state index contributed by atoms with van der Waals surface area (Å²) in [4.78, 5) is 2.46. The molecule has 1 aliphatic rings. The maximum absolute atomic E-state index is 6.62. The van der Waals surface area contributed by atoms with E-state index in [1.165, 1.54) is 70.2 Å². The Hall–Kier alpha value is -8.76. The van der Waals surface area contributed by atoms with Gasteiger partial charge < -0.3 is 9.32 Å². The quantitative estimate of drug-likeness (QED) is 0.151. The molecule has 0 fully saturated rings. The van der Waals surface area contributed by atoms with Crippen LogP contribution in [0.4, 0.5) is 17.1 Å². The van der Waals surface area contributed by atoms with E-state index < -0.39 is 5.41 Å². The molecule has 0 radical (unpaired) electrons. The molecule has 2 heterocycles. The molecule has 3 heteroatoms. The molecule has 13 aromatic rings. The number of anilines is 3. The lowest BCUT2D eigenvalue weighted by molar-refractivity contribution is 0.670. The lowest BCUT2D eigenvalue weighted by Crippen LogP contribution is -2.28. The lowest BCUT2D eigenvalue weighted by atomic mass is 9.68. The average molecular weight is 910 g/mol. The van der Waals surface area contributed by atoms with Gasteiger partial charge in [-0.1, -0.05) is 206 Å². The average Bonchev–Trinajstić information content (AvgIpc) is 4.10. The van der Waals surface area contributed by atoms with Crippen molar-refractivity contribution in [2.45, 2.75) is 5.41 Å². The predicted molar refractivity (Wildman–Crippen MR) is 295 cm³/mol. The zero-order chi connectivity index (χ0) is 46.2. The molecule has 70 heavy (non-hydrogen) atoms. The highest BCUT2D eigenvalue weighted by molar-refractivity contribution is 7.25. The molecule has 0 unspecified atom stereocenters. The van der Waals surface area contributed by atoms with Gasteiger partial charge in [-0.2, -0.15) is 0 Å². The number of thiophene rings is 1. The van der Waals surface area contributed by atoms with Gasteiger partial charge in [0.15, 0.2) is 0 Å². The van der Waals surface area contributed by atoms with Crippen LogP contribution in [0.15, 0.2) is 265 Å². The van der Waals surface area contributed by atoms with Gasteiger partial charge in [0.2, 0.25) is 0 Å². The van der Waals surface area contributed by atoms with Crippen molar-refractivity contribution in [3.63, 3.8) is 0 Å². The van der Waals surface area contributed by atoms with E-state index in [0.29, 0.717) is 0 Å². The van der Waals surface area contributed by atoms with Crippen molar-refractivity contribution in [1.82, 2.24) is 0 Å². The Morgan fingerprint density at radius 1 is 0.343 bits per heavy atom. The fraction of sp³-hybridized carbons (Fsp3) is 0.0149. The van der Waals surface area contributed by atoms with Gasteiger partial charge in [0.05, 0.1) is 11.1 Å². The first-order valence-corrected chi connectivity index (χ1v) is 24.8. The third kappa shape index (κ3) is 6.25. The number of benzene rings is 11. The second kappa shape index (κ2) is 16.2. The minimum absolute atomic E-state index is 0.534. The monoisotopic (exact) mass is 909 g/mol. The molecule has 1 aliphatic carbocycles. The molecule has 0 atom stereocenters. The van der Waals surface area contributed by atoms with Crippen LogP contribution in [0.3, 0.4) is 0 Å². The first-order chi connectivity index (χ1) is 34.7. The van der Waals surface area contributed by atoms with Crippen molar-refractivity contribution in [3.8, 4) is 44.5 Å². The molecule has 0 saturated carbocycles. The number of nitrogens with zero attached hydrogens (tertiary/aromatic N) is 1. The van der Waals surface area contributed by atoms with Gasteiger partial charge in [0, 0.05) is 53.4 Å². The fourth-order valence-corrected chi connectivity index (χ4v) is 12.5. The summed E-state index contributed by atoms with van der Waals surface area (Å²) in [7, 11) is 0. The van der Waals surface area contributed by atoms with Crippen LogP contribution in [0.25, 0.3) is 86.6 Å². The van der Waals surface area contributed by atoms with Crippen molar-refractivity contribution in [1.29, 1.82) is 0 Å². The molecule has 2 nitrogen and oxygen atoms in total. The molecule has 0 N–H and O–H groups in total. The van der Waals surface area contributed by atoms with E-state index in [9.17, 15) is 0 Å². The third-order valence-corrected chi connectivity index (χ3v) is 15.7. The van der Waals surface area contributed by atoms with Crippen molar-refractivity contribution in [2.75, 3.05) is 4.90 Å². The molecule has 0 amide bonds. The molecule has 0 aliphatic heterocycles. The zero-order valence-corrected chi connectivity index (χ0v) is 38.9. The van der Waals surface area contributed by atoms with Crippen LogP contribution < -0.4 is 4.90 Å². The number of hydrogen-bond donors (Lipinski definition) is 0. The number of hydrogen-bond acceptors (Lipinski definition) is 3. The molecule has 2 aromatic heterocycles. The molecular weight excluding hydrogens is 867 g/mol. The number of rotatable bonds is 8. The molecule has 14 rings (SSSR count). The van der Waals surface area contributed by atoms with Crippen LogP contribution in [-0.4, -0.2) is 0 Å². The zero-order valence-electron chi connectivity index (χ0n) is 38.1. The largest absolute Gasteiger partial charge is 0.455 e. The van der Waals surface area contributed by atoms with E-state index in [-0.39, 0.29) is 0 Å². The Kier molecular flexibility index (Phi) is 9.33. The summed E-state index contributed by atoms with van der Waals surface area (Å²) < 4.78 is 9.27. The molecule has 0 spiro atoms. The molecular formula is C67H43NOS. The normalized spacial score (nSPS) is 12.7. The van der Waals surface area contributed by atoms with Gasteiger partial charge in [0.1, 0.15) is 11.2 Å². The highest BCUT2D eigenvalue weighted by Gasteiger charge is 2.47. The van der Waals surface area contributed by atoms with E-state index >= 15 is 0 Å². The highest BCUT2D eigenvalue weighted by atomic mass is 32.1. The summed E-state index contributed by atoms with van der Waals surface area (Å²) in [6.07, 6.45) is 0. The van der Waals surface area contributed by atoms with Gasteiger partial charge in [-0.15, -0.1) is 11.3 Å². The standard InChI is InChI=1S/C67H43NOS/c1-3-17-49(18-4-1)67(50-19-5-2-6-20-50)59-27-10-7-24-57(59)65-60(67)28-15-29-61(65)68(52-21-13-16-48(42-52)53-25-14-26-56-54-22-8-11-30-62(54)69-66(53)56)51-39-36-45(37-40-51)44-32-34-46(35-33-44)47-38-41-64-58(43-47)55-23-9-12-31-63(55)70-64/h1-43H. The second-order valence-electron chi connectivity index (χ2n) is 18.3. The number of furan rings is 1. The van der Waals surface area contributed by atoms with Gasteiger partial charge >= 0.3 is 0 Å². The third-order valence-electron chi connectivity index (χ3n) is 14.6. The topological polar surface area (TPSA) is 16.4 Å². The molecule has 0 saturated heterocycles.